The standard InChI is InChI=1S/C13H16N2S/c1-9(2)15-8-12(7-14-15)11-4-5-13(16)10(3)6-11/h4-9,16H,1-3H3. The van der Waals surface area contributed by atoms with Crippen molar-refractivity contribution in [3.63, 3.8) is 0 Å². The van der Waals surface area contributed by atoms with E-state index >= 15 is 0 Å². The van der Waals surface area contributed by atoms with E-state index in [9.17, 15) is 0 Å². The molecule has 0 unspecified atom stereocenters. The lowest BCUT2D eigenvalue weighted by Crippen LogP contribution is -1.99. The lowest BCUT2D eigenvalue weighted by molar-refractivity contribution is 0.532. The molecular formula is C13H16N2S. The minimum atomic E-state index is 0.402. The molecular weight excluding hydrogens is 216 g/mol. The number of thiol groups is 1. The van der Waals surface area contributed by atoms with Crippen molar-refractivity contribution in [2.24, 2.45) is 0 Å². The van der Waals surface area contributed by atoms with E-state index in [1.54, 1.807) is 0 Å². The topological polar surface area (TPSA) is 17.8 Å². The molecule has 2 nitrogen and oxygen atoms in total. The molecule has 16 heavy (non-hydrogen) atoms. The van der Waals surface area contributed by atoms with Gasteiger partial charge in [-0.25, -0.2) is 0 Å². The minimum Gasteiger partial charge on any atom is -0.270 e. The molecule has 0 saturated heterocycles. The molecule has 1 heterocycles. The molecule has 3 heteroatoms. The van der Waals surface area contributed by atoms with Gasteiger partial charge in [-0.1, -0.05) is 12.1 Å². The fourth-order valence-electron chi connectivity index (χ4n) is 1.60. The van der Waals surface area contributed by atoms with Crippen LogP contribution in [0.15, 0.2) is 35.5 Å². The van der Waals surface area contributed by atoms with E-state index in [2.05, 4.69) is 56.8 Å². The number of nitrogens with zero attached hydrogens (tertiary/aromatic N) is 2. The number of hydrogen-bond donors (Lipinski definition) is 1. The third-order valence-corrected chi connectivity index (χ3v) is 3.16. The van der Waals surface area contributed by atoms with Crippen molar-refractivity contribution in [3.05, 3.63) is 36.2 Å². The quantitative estimate of drug-likeness (QED) is 0.781. The van der Waals surface area contributed by atoms with E-state index in [0.29, 0.717) is 6.04 Å². The van der Waals surface area contributed by atoms with Crippen LogP contribution in [0.4, 0.5) is 0 Å². The van der Waals surface area contributed by atoms with Crippen LogP contribution in [0.2, 0.25) is 0 Å². The Hall–Kier alpha value is -1.22. The van der Waals surface area contributed by atoms with Crippen molar-refractivity contribution in [2.45, 2.75) is 31.7 Å². The first-order chi connectivity index (χ1) is 7.58. The highest BCUT2D eigenvalue weighted by Crippen LogP contribution is 2.24. The Kier molecular flexibility index (Phi) is 3.06. The number of aromatic nitrogens is 2. The normalized spacial score (nSPS) is 11.1. The fourth-order valence-corrected chi connectivity index (χ4v) is 1.74. The predicted octanol–water partition coefficient (Wildman–Crippen LogP) is 3.73. The summed E-state index contributed by atoms with van der Waals surface area (Å²) >= 11 is 4.37. The summed E-state index contributed by atoms with van der Waals surface area (Å²) in [4.78, 5) is 1.03. The van der Waals surface area contributed by atoms with Gasteiger partial charge in [-0.05, 0) is 38.0 Å². The Bertz CT molecular complexity index is 500. The third kappa shape index (κ3) is 2.14. The number of hydrogen-bond acceptors (Lipinski definition) is 2. The molecule has 0 fully saturated rings. The zero-order chi connectivity index (χ0) is 11.7. The third-order valence-electron chi connectivity index (χ3n) is 2.66. The highest BCUT2D eigenvalue weighted by atomic mass is 32.1. The summed E-state index contributed by atoms with van der Waals surface area (Å²) in [6.45, 7) is 6.32. The molecule has 0 saturated carbocycles. The summed E-state index contributed by atoms with van der Waals surface area (Å²) in [7, 11) is 0. The van der Waals surface area contributed by atoms with Gasteiger partial charge in [0.05, 0.1) is 6.20 Å². The molecule has 0 bridgehead atoms. The summed E-state index contributed by atoms with van der Waals surface area (Å²) in [5, 5.41) is 4.34. The molecule has 0 aliphatic rings. The van der Waals surface area contributed by atoms with E-state index in [1.165, 1.54) is 11.1 Å². The molecule has 2 rings (SSSR count). The maximum atomic E-state index is 4.37. The van der Waals surface area contributed by atoms with Crippen molar-refractivity contribution in [1.82, 2.24) is 9.78 Å². The Morgan fingerprint density at radius 2 is 2.00 bits per heavy atom. The van der Waals surface area contributed by atoms with Crippen molar-refractivity contribution >= 4 is 12.6 Å². The SMILES string of the molecule is Cc1cc(-c2cnn(C(C)C)c2)ccc1S. The summed E-state index contributed by atoms with van der Waals surface area (Å²) in [5.74, 6) is 0. The maximum Gasteiger partial charge on any atom is 0.0568 e. The van der Waals surface area contributed by atoms with Crippen LogP contribution in [0.1, 0.15) is 25.5 Å². The largest absolute Gasteiger partial charge is 0.270 e. The molecule has 0 aliphatic carbocycles. The van der Waals surface area contributed by atoms with Gasteiger partial charge in [0.15, 0.2) is 0 Å². The average molecular weight is 232 g/mol. The van der Waals surface area contributed by atoms with E-state index in [4.69, 9.17) is 0 Å². The summed E-state index contributed by atoms with van der Waals surface area (Å²) < 4.78 is 1.97. The zero-order valence-corrected chi connectivity index (χ0v) is 10.7. The molecule has 1 aromatic heterocycles. The van der Waals surface area contributed by atoms with Gasteiger partial charge in [0.1, 0.15) is 0 Å². The molecule has 2 aromatic rings. The molecule has 1 aromatic carbocycles. The van der Waals surface area contributed by atoms with E-state index in [-0.39, 0.29) is 0 Å². The molecule has 84 valence electrons. The molecule has 0 spiro atoms. The smallest absolute Gasteiger partial charge is 0.0568 e. The highest BCUT2D eigenvalue weighted by Gasteiger charge is 2.04. The van der Waals surface area contributed by atoms with Crippen LogP contribution in [0.3, 0.4) is 0 Å². The van der Waals surface area contributed by atoms with Gasteiger partial charge in [0, 0.05) is 22.7 Å². The predicted molar refractivity (Wildman–Crippen MR) is 70.0 cm³/mol. The van der Waals surface area contributed by atoms with Gasteiger partial charge in [-0.2, -0.15) is 5.10 Å². The van der Waals surface area contributed by atoms with Crippen LogP contribution in [0.25, 0.3) is 11.1 Å². The first-order valence-electron chi connectivity index (χ1n) is 5.42. The van der Waals surface area contributed by atoms with E-state index < -0.39 is 0 Å². The Morgan fingerprint density at radius 3 is 2.56 bits per heavy atom. The van der Waals surface area contributed by atoms with Gasteiger partial charge in [-0.15, -0.1) is 12.6 Å². The van der Waals surface area contributed by atoms with E-state index in [0.717, 1.165) is 10.5 Å². The van der Waals surface area contributed by atoms with Crippen LogP contribution in [-0.2, 0) is 0 Å². The van der Waals surface area contributed by atoms with Crippen molar-refractivity contribution < 1.29 is 0 Å². The van der Waals surface area contributed by atoms with Crippen LogP contribution in [-0.4, -0.2) is 9.78 Å². The first kappa shape index (κ1) is 11.3. The zero-order valence-electron chi connectivity index (χ0n) is 9.81. The van der Waals surface area contributed by atoms with E-state index in [1.807, 2.05) is 16.9 Å². The second-order valence-electron chi connectivity index (χ2n) is 4.30. The Morgan fingerprint density at radius 1 is 1.25 bits per heavy atom. The molecule has 0 radical (unpaired) electrons. The van der Waals surface area contributed by atoms with Crippen molar-refractivity contribution in [1.29, 1.82) is 0 Å². The molecule has 0 aliphatic heterocycles. The summed E-state index contributed by atoms with van der Waals surface area (Å²) in [6, 6.07) is 6.65. The monoisotopic (exact) mass is 232 g/mol. The Labute approximate surface area is 102 Å². The van der Waals surface area contributed by atoms with Gasteiger partial charge >= 0.3 is 0 Å². The molecule has 0 N–H and O–H groups in total. The second-order valence-corrected chi connectivity index (χ2v) is 4.79. The lowest BCUT2D eigenvalue weighted by atomic mass is 10.1. The fraction of sp³-hybridized carbons (Fsp3) is 0.308. The van der Waals surface area contributed by atoms with Gasteiger partial charge in [0.2, 0.25) is 0 Å². The van der Waals surface area contributed by atoms with Gasteiger partial charge in [0.25, 0.3) is 0 Å². The van der Waals surface area contributed by atoms with Gasteiger partial charge < -0.3 is 0 Å². The van der Waals surface area contributed by atoms with Crippen LogP contribution >= 0.6 is 12.6 Å². The minimum absolute atomic E-state index is 0.402. The van der Waals surface area contributed by atoms with Crippen LogP contribution in [0, 0.1) is 6.92 Å². The number of rotatable bonds is 2. The summed E-state index contributed by atoms with van der Waals surface area (Å²) in [5.41, 5.74) is 3.55. The highest BCUT2D eigenvalue weighted by molar-refractivity contribution is 7.80. The second kappa shape index (κ2) is 4.34. The molecule has 0 atom stereocenters. The average Bonchev–Trinajstić information content (AvgIpc) is 2.71. The Balaban J connectivity index is 2.39. The summed E-state index contributed by atoms with van der Waals surface area (Å²) in [6.07, 6.45) is 3.99. The number of aryl methyl sites for hydroxylation is 1. The first-order valence-corrected chi connectivity index (χ1v) is 5.87. The van der Waals surface area contributed by atoms with Crippen molar-refractivity contribution in [2.75, 3.05) is 0 Å². The van der Waals surface area contributed by atoms with Gasteiger partial charge in [-0.3, -0.25) is 4.68 Å². The number of benzene rings is 1. The van der Waals surface area contributed by atoms with Crippen LogP contribution < -0.4 is 0 Å². The maximum absolute atomic E-state index is 4.37. The lowest BCUT2D eigenvalue weighted by Gasteiger charge is -2.04. The van der Waals surface area contributed by atoms with Crippen molar-refractivity contribution in [3.8, 4) is 11.1 Å². The molecule has 0 amide bonds. The van der Waals surface area contributed by atoms with Crippen LogP contribution in [0.5, 0.6) is 0 Å².